The van der Waals surface area contributed by atoms with Gasteiger partial charge in [-0.15, -0.1) is 0 Å². The summed E-state index contributed by atoms with van der Waals surface area (Å²) >= 11 is 0. The van der Waals surface area contributed by atoms with Gasteiger partial charge in [0.05, 0.1) is 29.2 Å². The predicted molar refractivity (Wildman–Crippen MR) is 107 cm³/mol. The lowest BCUT2D eigenvalue weighted by atomic mass is 9.96. The largest absolute Gasteiger partial charge is 0.369 e. The molecule has 1 amide bonds. The molecule has 2 aromatic heterocycles. The van der Waals surface area contributed by atoms with Crippen molar-refractivity contribution in [3.05, 3.63) is 23.7 Å². The molecule has 0 aromatic carbocycles. The van der Waals surface area contributed by atoms with Gasteiger partial charge in [0.2, 0.25) is 5.91 Å². The van der Waals surface area contributed by atoms with E-state index >= 15 is 0 Å². The molecule has 6 nitrogen and oxygen atoms in total. The molecule has 0 spiro atoms. The highest BCUT2D eigenvalue weighted by atomic mass is 16.1. The van der Waals surface area contributed by atoms with E-state index in [2.05, 4.69) is 40.1 Å². The van der Waals surface area contributed by atoms with Gasteiger partial charge in [0.25, 0.3) is 0 Å². The van der Waals surface area contributed by atoms with Crippen LogP contribution in [0.2, 0.25) is 0 Å². The van der Waals surface area contributed by atoms with Crippen molar-refractivity contribution in [2.75, 3.05) is 24.5 Å². The van der Waals surface area contributed by atoms with Gasteiger partial charge < -0.3 is 10.2 Å². The highest BCUT2D eigenvalue weighted by Crippen LogP contribution is 2.28. The quantitative estimate of drug-likeness (QED) is 0.850. The second kappa shape index (κ2) is 7.79. The Bertz CT molecular complexity index is 833. The summed E-state index contributed by atoms with van der Waals surface area (Å²) in [6, 6.07) is 2.08. The summed E-state index contributed by atoms with van der Waals surface area (Å²) in [5, 5.41) is 3.14. The summed E-state index contributed by atoms with van der Waals surface area (Å²) in [5.41, 5.74) is 4.70. The molecule has 0 bridgehead atoms. The minimum absolute atomic E-state index is 0.0629. The first-order valence-electron chi connectivity index (χ1n) is 10.4. The fourth-order valence-electron chi connectivity index (χ4n) is 3.88. The van der Waals surface area contributed by atoms with E-state index in [0.717, 1.165) is 73.8 Å². The number of nitrogens with zero attached hydrogens (tertiary/aromatic N) is 4. The summed E-state index contributed by atoms with van der Waals surface area (Å²) in [5.74, 6) is 0.992. The van der Waals surface area contributed by atoms with Crippen LogP contribution in [0.25, 0.3) is 11.2 Å². The average Bonchev–Trinajstić information content (AvgIpc) is 3.55. The number of carbonyl (C=O) groups excluding carboxylic acids is 1. The third-order valence-electron chi connectivity index (χ3n) is 5.75. The first-order chi connectivity index (χ1) is 13.2. The molecule has 1 N–H and O–H groups in total. The molecular formula is C21H29N5O. The van der Waals surface area contributed by atoms with Gasteiger partial charge in [0.15, 0.2) is 5.65 Å². The molecule has 2 fully saturated rings. The van der Waals surface area contributed by atoms with E-state index in [4.69, 9.17) is 4.98 Å². The lowest BCUT2D eigenvalue weighted by Gasteiger charge is -2.33. The van der Waals surface area contributed by atoms with Crippen molar-refractivity contribution in [2.45, 2.75) is 52.4 Å². The van der Waals surface area contributed by atoms with Gasteiger partial charge in [0, 0.05) is 19.6 Å². The number of piperidine rings is 1. The van der Waals surface area contributed by atoms with Crippen molar-refractivity contribution in [3.63, 3.8) is 0 Å². The Kier molecular flexibility index (Phi) is 5.23. The summed E-state index contributed by atoms with van der Waals surface area (Å²) in [4.78, 5) is 28.8. The minimum atomic E-state index is 0.0629. The van der Waals surface area contributed by atoms with Gasteiger partial charge in [-0.25, -0.2) is 15.0 Å². The van der Waals surface area contributed by atoms with Crippen molar-refractivity contribution in [3.8, 4) is 0 Å². The van der Waals surface area contributed by atoms with Gasteiger partial charge in [-0.05, 0) is 50.5 Å². The van der Waals surface area contributed by atoms with E-state index in [1.54, 1.807) is 0 Å². The molecule has 1 atom stereocenters. The monoisotopic (exact) mass is 367 g/mol. The Morgan fingerprint density at radius 2 is 1.96 bits per heavy atom. The maximum absolute atomic E-state index is 12.5. The zero-order chi connectivity index (χ0) is 18.8. The smallest absolute Gasteiger partial charge is 0.224 e. The summed E-state index contributed by atoms with van der Waals surface area (Å²) in [7, 11) is 0. The van der Waals surface area contributed by atoms with Crippen molar-refractivity contribution < 1.29 is 4.79 Å². The van der Waals surface area contributed by atoms with Crippen molar-refractivity contribution in [1.29, 1.82) is 0 Å². The van der Waals surface area contributed by atoms with E-state index in [1.807, 2.05) is 6.20 Å². The third-order valence-corrected chi connectivity index (χ3v) is 5.75. The van der Waals surface area contributed by atoms with Crippen LogP contribution in [0.15, 0.2) is 12.3 Å². The number of amides is 1. The highest BCUT2D eigenvalue weighted by Gasteiger charge is 2.28. The van der Waals surface area contributed by atoms with E-state index in [-0.39, 0.29) is 11.8 Å². The van der Waals surface area contributed by atoms with Crippen LogP contribution < -0.4 is 10.2 Å². The third kappa shape index (κ3) is 4.04. The lowest BCUT2D eigenvalue weighted by Crippen LogP contribution is -2.43. The Balaban J connectivity index is 1.51. The van der Waals surface area contributed by atoms with Crippen molar-refractivity contribution in [2.24, 2.45) is 11.8 Å². The standard InChI is InChI=1S/C21H29N5O/c1-3-17-18(4-2)25-20-19(24-17)10-16(12-22-20)26-9-5-6-15(13-26)21(27)23-11-14-7-8-14/h10,12,14-15H,3-9,11,13H2,1-2H3,(H,23,27). The van der Waals surface area contributed by atoms with Crippen LogP contribution >= 0.6 is 0 Å². The van der Waals surface area contributed by atoms with Gasteiger partial charge in [-0.3, -0.25) is 4.79 Å². The molecule has 144 valence electrons. The number of hydrogen-bond donors (Lipinski definition) is 1. The Morgan fingerprint density at radius 3 is 2.70 bits per heavy atom. The SMILES string of the molecule is CCc1nc2cc(N3CCCC(C(=O)NCC4CC4)C3)cnc2nc1CC. The molecule has 1 saturated heterocycles. The maximum Gasteiger partial charge on any atom is 0.224 e. The molecule has 2 aromatic rings. The number of hydrogen-bond acceptors (Lipinski definition) is 5. The number of aryl methyl sites for hydroxylation is 2. The topological polar surface area (TPSA) is 71.0 Å². The second-order valence-electron chi connectivity index (χ2n) is 7.83. The van der Waals surface area contributed by atoms with E-state index in [9.17, 15) is 4.79 Å². The summed E-state index contributed by atoms with van der Waals surface area (Å²) < 4.78 is 0. The first-order valence-corrected chi connectivity index (χ1v) is 10.4. The van der Waals surface area contributed by atoms with Gasteiger partial charge in [0.1, 0.15) is 5.52 Å². The van der Waals surface area contributed by atoms with Crippen LogP contribution in [0, 0.1) is 11.8 Å². The van der Waals surface area contributed by atoms with Crippen LogP contribution in [0.3, 0.4) is 0 Å². The molecule has 2 aliphatic rings. The van der Waals surface area contributed by atoms with Crippen molar-refractivity contribution >= 4 is 22.8 Å². The maximum atomic E-state index is 12.5. The van der Waals surface area contributed by atoms with Crippen LogP contribution in [-0.4, -0.2) is 40.5 Å². The first kappa shape index (κ1) is 18.1. The number of anilines is 1. The number of nitrogens with one attached hydrogen (secondary N) is 1. The fourth-order valence-corrected chi connectivity index (χ4v) is 3.88. The molecule has 6 heteroatoms. The second-order valence-corrected chi connectivity index (χ2v) is 7.83. The molecule has 1 aliphatic carbocycles. The van der Waals surface area contributed by atoms with Crippen LogP contribution in [0.1, 0.15) is 50.9 Å². The van der Waals surface area contributed by atoms with Gasteiger partial charge >= 0.3 is 0 Å². The number of aromatic nitrogens is 3. The van der Waals surface area contributed by atoms with Crippen LogP contribution in [0.4, 0.5) is 5.69 Å². The molecule has 1 saturated carbocycles. The van der Waals surface area contributed by atoms with Crippen LogP contribution in [-0.2, 0) is 17.6 Å². The molecular weight excluding hydrogens is 338 g/mol. The number of carbonyl (C=O) groups is 1. The molecule has 4 rings (SSSR count). The summed E-state index contributed by atoms with van der Waals surface area (Å²) in [6.45, 7) is 6.78. The number of fused-ring (bicyclic) bond motifs is 1. The molecule has 3 heterocycles. The molecule has 1 unspecified atom stereocenters. The van der Waals surface area contributed by atoms with Crippen molar-refractivity contribution in [1.82, 2.24) is 20.3 Å². The zero-order valence-corrected chi connectivity index (χ0v) is 16.4. The zero-order valence-electron chi connectivity index (χ0n) is 16.4. The lowest BCUT2D eigenvalue weighted by molar-refractivity contribution is -0.125. The predicted octanol–water partition coefficient (Wildman–Crippen LogP) is 2.89. The number of pyridine rings is 1. The molecule has 0 radical (unpaired) electrons. The minimum Gasteiger partial charge on any atom is -0.369 e. The van der Waals surface area contributed by atoms with Crippen LogP contribution in [0.5, 0.6) is 0 Å². The van der Waals surface area contributed by atoms with E-state index in [1.165, 1.54) is 12.8 Å². The Hall–Kier alpha value is -2.24. The van der Waals surface area contributed by atoms with Gasteiger partial charge in [-0.1, -0.05) is 13.8 Å². The fraction of sp³-hybridized carbons (Fsp3) is 0.619. The van der Waals surface area contributed by atoms with Gasteiger partial charge in [-0.2, -0.15) is 0 Å². The van der Waals surface area contributed by atoms with E-state index < -0.39 is 0 Å². The summed E-state index contributed by atoms with van der Waals surface area (Å²) in [6.07, 6.45) is 8.16. The van der Waals surface area contributed by atoms with E-state index in [0.29, 0.717) is 5.65 Å². The molecule has 1 aliphatic heterocycles. The average molecular weight is 367 g/mol. The Morgan fingerprint density at radius 1 is 1.19 bits per heavy atom. The highest BCUT2D eigenvalue weighted by molar-refractivity contribution is 5.80. The Labute approximate surface area is 160 Å². The number of rotatable bonds is 6. The normalized spacial score (nSPS) is 20.1. The molecule has 27 heavy (non-hydrogen) atoms.